The van der Waals surface area contributed by atoms with Crippen molar-refractivity contribution in [3.63, 3.8) is 0 Å². The number of aryl methyl sites for hydroxylation is 2. The molecule has 0 spiro atoms. The van der Waals surface area contributed by atoms with Crippen LogP contribution in [0.15, 0.2) is 30.7 Å². The van der Waals surface area contributed by atoms with Gasteiger partial charge in [0.1, 0.15) is 0 Å². The monoisotopic (exact) mass is 244 g/mol. The van der Waals surface area contributed by atoms with Gasteiger partial charge in [0.05, 0.1) is 17.9 Å². The molecule has 18 heavy (non-hydrogen) atoms. The minimum absolute atomic E-state index is 0.125. The number of nitrogens with one attached hydrogen (secondary N) is 1. The normalized spacial score (nSPS) is 12.6. The lowest BCUT2D eigenvalue weighted by Crippen LogP contribution is -2.23. The van der Waals surface area contributed by atoms with Gasteiger partial charge < -0.3 is 5.32 Å². The first-order chi connectivity index (χ1) is 8.76. The van der Waals surface area contributed by atoms with Gasteiger partial charge in [-0.05, 0) is 24.6 Å². The molecule has 0 aliphatic carbocycles. The smallest absolute Gasteiger partial charge is 0.0784 e. The Morgan fingerprint density at radius 1 is 1.39 bits per heavy atom. The van der Waals surface area contributed by atoms with Gasteiger partial charge in [-0.25, -0.2) is 0 Å². The number of nitrogens with zero attached hydrogens (tertiary/aromatic N) is 3. The van der Waals surface area contributed by atoms with Crippen LogP contribution in [-0.4, -0.2) is 21.3 Å². The SMILES string of the molecule is CCNC(c1cnn(C)c1)c1ncccc1CC. The fourth-order valence-corrected chi connectivity index (χ4v) is 2.18. The number of aromatic nitrogens is 3. The van der Waals surface area contributed by atoms with Crippen molar-refractivity contribution in [3.8, 4) is 0 Å². The molecule has 0 bridgehead atoms. The summed E-state index contributed by atoms with van der Waals surface area (Å²) < 4.78 is 1.83. The summed E-state index contributed by atoms with van der Waals surface area (Å²) in [4.78, 5) is 4.55. The van der Waals surface area contributed by atoms with Gasteiger partial charge in [-0.2, -0.15) is 5.10 Å². The van der Waals surface area contributed by atoms with E-state index in [0.717, 1.165) is 24.2 Å². The van der Waals surface area contributed by atoms with E-state index in [1.807, 2.05) is 36.4 Å². The highest BCUT2D eigenvalue weighted by Gasteiger charge is 2.18. The van der Waals surface area contributed by atoms with Crippen LogP contribution >= 0.6 is 0 Å². The molecule has 96 valence electrons. The largest absolute Gasteiger partial charge is 0.305 e. The zero-order chi connectivity index (χ0) is 13.0. The third-order valence-corrected chi connectivity index (χ3v) is 3.05. The van der Waals surface area contributed by atoms with E-state index < -0.39 is 0 Å². The van der Waals surface area contributed by atoms with E-state index in [1.54, 1.807) is 0 Å². The summed E-state index contributed by atoms with van der Waals surface area (Å²) in [5, 5.41) is 7.74. The molecule has 0 saturated heterocycles. The molecule has 2 aromatic heterocycles. The predicted octanol–water partition coefficient (Wildman–Crippen LogP) is 2.08. The van der Waals surface area contributed by atoms with Gasteiger partial charge in [-0.1, -0.05) is 19.9 Å². The number of pyridine rings is 1. The maximum absolute atomic E-state index is 4.55. The van der Waals surface area contributed by atoms with Crippen LogP contribution in [-0.2, 0) is 13.5 Å². The van der Waals surface area contributed by atoms with Crippen LogP contribution in [0.2, 0.25) is 0 Å². The van der Waals surface area contributed by atoms with Crippen LogP contribution in [0, 0.1) is 0 Å². The fourth-order valence-electron chi connectivity index (χ4n) is 2.18. The van der Waals surface area contributed by atoms with Crippen molar-refractivity contribution in [3.05, 3.63) is 47.5 Å². The first-order valence-electron chi connectivity index (χ1n) is 6.42. The second kappa shape index (κ2) is 5.78. The van der Waals surface area contributed by atoms with Crippen molar-refractivity contribution in [1.29, 1.82) is 0 Å². The molecule has 2 aromatic rings. The summed E-state index contributed by atoms with van der Waals surface area (Å²) >= 11 is 0. The third-order valence-electron chi connectivity index (χ3n) is 3.05. The van der Waals surface area contributed by atoms with Crippen LogP contribution in [0.25, 0.3) is 0 Å². The third kappa shape index (κ3) is 2.59. The van der Waals surface area contributed by atoms with Gasteiger partial charge in [0.2, 0.25) is 0 Å². The first-order valence-corrected chi connectivity index (χ1v) is 6.42. The molecular formula is C14H20N4. The predicted molar refractivity (Wildman–Crippen MR) is 72.3 cm³/mol. The van der Waals surface area contributed by atoms with Gasteiger partial charge in [0.15, 0.2) is 0 Å². The lowest BCUT2D eigenvalue weighted by atomic mass is 10.0. The minimum Gasteiger partial charge on any atom is -0.305 e. The molecule has 0 amide bonds. The van der Waals surface area contributed by atoms with Crippen LogP contribution in [0.4, 0.5) is 0 Å². The maximum atomic E-state index is 4.55. The van der Waals surface area contributed by atoms with Gasteiger partial charge in [-0.3, -0.25) is 9.67 Å². The second-order valence-electron chi connectivity index (χ2n) is 4.34. The lowest BCUT2D eigenvalue weighted by molar-refractivity contribution is 0.608. The molecule has 1 unspecified atom stereocenters. The Morgan fingerprint density at radius 2 is 2.22 bits per heavy atom. The molecule has 2 rings (SSSR count). The maximum Gasteiger partial charge on any atom is 0.0784 e. The highest BCUT2D eigenvalue weighted by atomic mass is 15.2. The van der Waals surface area contributed by atoms with Crippen LogP contribution in [0.5, 0.6) is 0 Å². The molecular weight excluding hydrogens is 224 g/mol. The molecule has 4 heteroatoms. The fraction of sp³-hybridized carbons (Fsp3) is 0.429. The van der Waals surface area contributed by atoms with E-state index in [4.69, 9.17) is 0 Å². The van der Waals surface area contributed by atoms with E-state index in [0.29, 0.717) is 0 Å². The molecule has 1 N–H and O–H groups in total. The molecule has 0 saturated carbocycles. The Kier molecular flexibility index (Phi) is 4.10. The van der Waals surface area contributed by atoms with Crippen molar-refractivity contribution < 1.29 is 0 Å². The molecule has 0 aliphatic rings. The Morgan fingerprint density at radius 3 is 2.83 bits per heavy atom. The van der Waals surface area contributed by atoms with Crippen molar-refractivity contribution in [2.45, 2.75) is 26.3 Å². The van der Waals surface area contributed by atoms with Crippen LogP contribution in [0.1, 0.15) is 36.7 Å². The Balaban J connectivity index is 2.41. The molecule has 0 fully saturated rings. The van der Waals surface area contributed by atoms with Crippen LogP contribution < -0.4 is 5.32 Å². The number of hydrogen-bond donors (Lipinski definition) is 1. The zero-order valence-electron chi connectivity index (χ0n) is 11.2. The Hall–Kier alpha value is -1.68. The standard InChI is InChI=1S/C14H20N4/c1-4-11-7-6-8-16-13(11)14(15-5-2)12-9-17-18(3)10-12/h6-10,14-15H,4-5H2,1-3H3. The Labute approximate surface area is 108 Å². The van der Waals surface area contributed by atoms with E-state index in [-0.39, 0.29) is 6.04 Å². The topological polar surface area (TPSA) is 42.7 Å². The van der Waals surface area contributed by atoms with Crippen molar-refractivity contribution in [1.82, 2.24) is 20.1 Å². The van der Waals surface area contributed by atoms with E-state index in [9.17, 15) is 0 Å². The zero-order valence-corrected chi connectivity index (χ0v) is 11.2. The van der Waals surface area contributed by atoms with Crippen molar-refractivity contribution >= 4 is 0 Å². The van der Waals surface area contributed by atoms with Crippen molar-refractivity contribution in [2.24, 2.45) is 7.05 Å². The van der Waals surface area contributed by atoms with Crippen LogP contribution in [0.3, 0.4) is 0 Å². The number of rotatable bonds is 5. The summed E-state index contributed by atoms with van der Waals surface area (Å²) in [5.74, 6) is 0. The minimum atomic E-state index is 0.125. The average Bonchev–Trinajstić information content (AvgIpc) is 2.82. The molecule has 0 aliphatic heterocycles. The average molecular weight is 244 g/mol. The summed E-state index contributed by atoms with van der Waals surface area (Å²) in [6.45, 7) is 5.17. The highest BCUT2D eigenvalue weighted by molar-refractivity contribution is 5.30. The molecule has 4 nitrogen and oxygen atoms in total. The number of hydrogen-bond acceptors (Lipinski definition) is 3. The van der Waals surface area contributed by atoms with E-state index in [2.05, 4.69) is 35.3 Å². The van der Waals surface area contributed by atoms with E-state index >= 15 is 0 Å². The second-order valence-corrected chi connectivity index (χ2v) is 4.34. The van der Waals surface area contributed by atoms with Crippen molar-refractivity contribution in [2.75, 3.05) is 6.54 Å². The summed E-state index contributed by atoms with van der Waals surface area (Å²) in [6, 6.07) is 4.26. The summed E-state index contributed by atoms with van der Waals surface area (Å²) in [7, 11) is 1.94. The Bertz CT molecular complexity index is 504. The van der Waals surface area contributed by atoms with Gasteiger partial charge >= 0.3 is 0 Å². The van der Waals surface area contributed by atoms with Gasteiger partial charge in [0, 0.05) is 25.0 Å². The molecule has 0 aromatic carbocycles. The molecule has 0 radical (unpaired) electrons. The highest BCUT2D eigenvalue weighted by Crippen LogP contribution is 2.23. The first kappa shape index (κ1) is 12.8. The van der Waals surface area contributed by atoms with Gasteiger partial charge in [0.25, 0.3) is 0 Å². The van der Waals surface area contributed by atoms with Gasteiger partial charge in [-0.15, -0.1) is 0 Å². The van der Waals surface area contributed by atoms with E-state index in [1.165, 1.54) is 5.56 Å². The quantitative estimate of drug-likeness (QED) is 0.875. The summed E-state index contributed by atoms with van der Waals surface area (Å²) in [5.41, 5.74) is 3.55. The molecule has 1 atom stereocenters. The molecule has 2 heterocycles. The lowest BCUT2D eigenvalue weighted by Gasteiger charge is -2.18. The summed E-state index contributed by atoms with van der Waals surface area (Å²) in [6.07, 6.45) is 6.80.